The maximum Gasteiger partial charge on any atom is 0.251 e. The van der Waals surface area contributed by atoms with Crippen molar-refractivity contribution in [2.24, 2.45) is 0 Å². The lowest BCUT2D eigenvalue weighted by molar-refractivity contribution is 0.0963. The zero-order chi connectivity index (χ0) is 18.4. The number of fused-ring (bicyclic) bond motifs is 1. The van der Waals surface area contributed by atoms with Crippen LogP contribution in [0.4, 0.5) is 0 Å². The van der Waals surface area contributed by atoms with Gasteiger partial charge in [0.25, 0.3) is 5.95 Å². The Morgan fingerprint density at radius 2 is 1.69 bits per heavy atom. The monoisotopic (exact) mass is 366 g/mol. The first-order valence-corrected chi connectivity index (χ1v) is 9.00. The molecular weight excluding hydrogens is 348 g/mol. The molecule has 0 saturated carbocycles. The third-order valence-corrected chi connectivity index (χ3v) is 5.06. The number of hydrogen-bond acceptors (Lipinski definition) is 4. The first-order chi connectivity index (χ1) is 12.4. The van der Waals surface area contributed by atoms with Crippen LogP contribution in [0.2, 0.25) is 5.02 Å². The van der Waals surface area contributed by atoms with Crippen LogP contribution in [-0.4, -0.2) is 25.5 Å². The zero-order valence-electron chi connectivity index (χ0n) is 15.0. The van der Waals surface area contributed by atoms with Crippen molar-refractivity contribution in [3.8, 4) is 5.95 Å². The summed E-state index contributed by atoms with van der Waals surface area (Å²) in [6, 6.07) is 9.64. The molecule has 1 aliphatic carbocycles. The average molecular weight is 367 g/mol. The molecule has 2 aromatic heterocycles. The number of hydrogen-bond donors (Lipinski definition) is 0. The van der Waals surface area contributed by atoms with Crippen molar-refractivity contribution in [1.82, 2.24) is 19.7 Å². The van der Waals surface area contributed by atoms with Crippen molar-refractivity contribution in [3.05, 3.63) is 69.3 Å². The van der Waals surface area contributed by atoms with Crippen LogP contribution in [0.1, 0.15) is 51.0 Å². The molecule has 0 spiro atoms. The number of benzene rings is 1. The van der Waals surface area contributed by atoms with Crippen LogP contribution in [0.25, 0.3) is 5.95 Å². The van der Waals surface area contributed by atoms with Gasteiger partial charge in [-0.15, -0.1) is 0 Å². The topological polar surface area (TPSA) is 60.7 Å². The summed E-state index contributed by atoms with van der Waals surface area (Å²) in [6.45, 7) is 5.74. The second-order valence-corrected chi connectivity index (χ2v) is 7.29. The molecule has 4 rings (SSSR count). The summed E-state index contributed by atoms with van der Waals surface area (Å²) in [6.07, 6.45) is 1.20. The lowest BCUT2D eigenvalue weighted by Gasteiger charge is -2.23. The van der Waals surface area contributed by atoms with E-state index in [0.29, 0.717) is 17.4 Å². The van der Waals surface area contributed by atoms with Crippen LogP contribution in [0.15, 0.2) is 30.3 Å². The minimum absolute atomic E-state index is 0.105. The summed E-state index contributed by atoms with van der Waals surface area (Å²) in [5, 5.41) is 5.28. The van der Waals surface area contributed by atoms with E-state index in [9.17, 15) is 4.79 Å². The van der Waals surface area contributed by atoms with E-state index in [2.05, 4.69) is 15.1 Å². The molecule has 0 unspecified atom stereocenters. The maximum atomic E-state index is 12.8. The Balaban J connectivity index is 1.81. The fourth-order valence-electron chi connectivity index (χ4n) is 3.70. The molecule has 5 nitrogen and oxygen atoms in total. The van der Waals surface area contributed by atoms with Gasteiger partial charge in [-0.05, 0) is 56.9 Å². The number of carbonyl (C=O) groups is 1. The highest BCUT2D eigenvalue weighted by Crippen LogP contribution is 2.35. The molecule has 1 atom stereocenters. The molecule has 1 aromatic carbocycles. The van der Waals surface area contributed by atoms with Crippen LogP contribution in [0.3, 0.4) is 0 Å². The fraction of sp³-hybridized carbons (Fsp3) is 0.300. The number of aromatic nitrogens is 4. The molecule has 0 amide bonds. The molecule has 0 saturated heterocycles. The Kier molecular flexibility index (Phi) is 4.11. The normalized spacial score (nSPS) is 16.6. The molecule has 0 radical (unpaired) electrons. The number of aryl methyl sites for hydroxylation is 3. The van der Waals surface area contributed by atoms with Gasteiger partial charge in [0.15, 0.2) is 5.78 Å². The van der Waals surface area contributed by atoms with Crippen LogP contribution in [-0.2, 0) is 6.42 Å². The van der Waals surface area contributed by atoms with E-state index in [-0.39, 0.29) is 11.7 Å². The van der Waals surface area contributed by atoms with Gasteiger partial charge in [0.05, 0.1) is 17.0 Å². The number of carbonyl (C=O) groups excluding carboxylic acids is 1. The first-order valence-electron chi connectivity index (χ1n) is 8.62. The summed E-state index contributed by atoms with van der Waals surface area (Å²) in [4.78, 5) is 21.9. The van der Waals surface area contributed by atoms with Crippen molar-refractivity contribution >= 4 is 17.4 Å². The summed E-state index contributed by atoms with van der Waals surface area (Å²) >= 11 is 6.00. The number of halogens is 1. The lowest BCUT2D eigenvalue weighted by atomic mass is 9.81. The van der Waals surface area contributed by atoms with E-state index in [4.69, 9.17) is 11.6 Å². The highest BCUT2D eigenvalue weighted by atomic mass is 35.5. The molecule has 132 valence electrons. The number of rotatable bonds is 2. The van der Waals surface area contributed by atoms with Gasteiger partial charge in [-0.25, -0.2) is 14.6 Å². The molecule has 0 bridgehead atoms. The standard InChI is InChI=1S/C20H19ClN4O/c1-11-8-12(2)23-20(22-11)25-17-9-15(14-4-6-16(21)7-5-14)10-18(26)19(17)13(3)24-25/h4-8,15H,9-10H2,1-3H3/t15-/m0/s1. The highest BCUT2D eigenvalue weighted by molar-refractivity contribution is 6.30. The Labute approximate surface area is 157 Å². The van der Waals surface area contributed by atoms with E-state index >= 15 is 0 Å². The third-order valence-electron chi connectivity index (χ3n) is 4.81. The summed E-state index contributed by atoms with van der Waals surface area (Å²) in [5.74, 6) is 0.753. The van der Waals surface area contributed by atoms with Crippen LogP contribution >= 0.6 is 11.6 Å². The zero-order valence-corrected chi connectivity index (χ0v) is 15.7. The SMILES string of the molecule is Cc1cc(C)nc(-n2nc(C)c3c2C[C@H](c2ccc(Cl)cc2)CC3=O)n1. The van der Waals surface area contributed by atoms with Crippen LogP contribution in [0.5, 0.6) is 0 Å². The highest BCUT2D eigenvalue weighted by Gasteiger charge is 2.32. The Bertz CT molecular complexity index is 987. The van der Waals surface area contributed by atoms with E-state index in [1.165, 1.54) is 0 Å². The minimum Gasteiger partial charge on any atom is -0.294 e. The molecule has 0 N–H and O–H groups in total. The fourth-order valence-corrected chi connectivity index (χ4v) is 3.82. The summed E-state index contributed by atoms with van der Waals surface area (Å²) < 4.78 is 1.74. The maximum absolute atomic E-state index is 12.8. The quantitative estimate of drug-likeness (QED) is 0.683. The molecule has 3 aromatic rings. The van der Waals surface area contributed by atoms with Crippen molar-refractivity contribution in [2.45, 2.75) is 39.5 Å². The summed E-state index contributed by atoms with van der Waals surface area (Å²) in [5.41, 5.74) is 5.22. The second kappa shape index (κ2) is 6.32. The summed E-state index contributed by atoms with van der Waals surface area (Å²) in [7, 11) is 0. The van der Waals surface area contributed by atoms with E-state index in [1.807, 2.05) is 51.1 Å². The molecule has 0 fully saturated rings. The first kappa shape index (κ1) is 16.9. The minimum atomic E-state index is 0.105. The predicted molar refractivity (Wildman–Crippen MR) is 100 cm³/mol. The second-order valence-electron chi connectivity index (χ2n) is 6.85. The van der Waals surface area contributed by atoms with Crippen LogP contribution < -0.4 is 0 Å². The molecule has 0 aliphatic heterocycles. The van der Waals surface area contributed by atoms with Gasteiger partial charge < -0.3 is 0 Å². The van der Waals surface area contributed by atoms with Gasteiger partial charge in [0, 0.05) is 22.8 Å². The van der Waals surface area contributed by atoms with Gasteiger partial charge in [-0.1, -0.05) is 23.7 Å². The van der Waals surface area contributed by atoms with Crippen molar-refractivity contribution in [3.63, 3.8) is 0 Å². The number of ketones is 1. The molecule has 26 heavy (non-hydrogen) atoms. The van der Waals surface area contributed by atoms with Gasteiger partial charge in [-0.2, -0.15) is 5.10 Å². The Hall–Kier alpha value is -2.53. The Morgan fingerprint density at radius 1 is 1.04 bits per heavy atom. The average Bonchev–Trinajstić information content (AvgIpc) is 2.92. The lowest BCUT2D eigenvalue weighted by Crippen LogP contribution is -2.21. The van der Waals surface area contributed by atoms with Gasteiger partial charge in [-0.3, -0.25) is 4.79 Å². The van der Waals surface area contributed by atoms with E-state index < -0.39 is 0 Å². The van der Waals surface area contributed by atoms with Crippen molar-refractivity contribution in [2.75, 3.05) is 0 Å². The van der Waals surface area contributed by atoms with Gasteiger partial charge in [0.2, 0.25) is 0 Å². The van der Waals surface area contributed by atoms with Gasteiger partial charge >= 0.3 is 0 Å². The van der Waals surface area contributed by atoms with Crippen LogP contribution in [0, 0.1) is 20.8 Å². The number of nitrogens with zero attached hydrogens (tertiary/aromatic N) is 4. The molecule has 2 heterocycles. The molecule has 1 aliphatic rings. The Morgan fingerprint density at radius 3 is 2.35 bits per heavy atom. The van der Waals surface area contributed by atoms with Crippen molar-refractivity contribution in [1.29, 1.82) is 0 Å². The van der Waals surface area contributed by atoms with Crippen molar-refractivity contribution < 1.29 is 4.79 Å². The number of Topliss-reactive ketones (excluding diaryl/α,β-unsaturated/α-hetero) is 1. The smallest absolute Gasteiger partial charge is 0.251 e. The van der Waals surface area contributed by atoms with E-state index in [0.717, 1.165) is 40.3 Å². The van der Waals surface area contributed by atoms with Gasteiger partial charge in [0.1, 0.15) is 0 Å². The molecular formula is C20H19ClN4O. The van der Waals surface area contributed by atoms with E-state index in [1.54, 1.807) is 4.68 Å². The molecule has 6 heteroatoms. The third kappa shape index (κ3) is 2.92. The predicted octanol–water partition coefficient (Wildman–Crippen LogP) is 4.15. The largest absolute Gasteiger partial charge is 0.294 e.